The Labute approximate surface area is 233 Å². The zero-order valence-corrected chi connectivity index (χ0v) is 23.3. The summed E-state index contributed by atoms with van der Waals surface area (Å²) in [7, 11) is 1.60. The maximum absolute atomic E-state index is 12.9. The van der Waals surface area contributed by atoms with Crippen LogP contribution in [0.2, 0.25) is 5.02 Å². The third kappa shape index (κ3) is 4.02. The molecule has 2 aliphatic rings. The van der Waals surface area contributed by atoms with Crippen molar-refractivity contribution in [1.82, 2.24) is 15.1 Å². The highest BCUT2D eigenvalue weighted by Gasteiger charge is 2.57. The number of amides is 1. The molecule has 198 valence electrons. The summed E-state index contributed by atoms with van der Waals surface area (Å²) in [4.78, 5) is 15.2. The first-order valence-electron chi connectivity index (χ1n) is 13.1. The third-order valence-electron chi connectivity index (χ3n) is 8.08. The molecule has 1 amide bonds. The largest absolute Gasteiger partial charge is 0.495 e. The van der Waals surface area contributed by atoms with Crippen LogP contribution in [0.25, 0.3) is 23.0 Å². The molecule has 4 aromatic rings. The molecule has 0 unspecified atom stereocenters. The number of hydrogen-bond donors (Lipinski definition) is 1. The fourth-order valence-electron chi connectivity index (χ4n) is 5.94. The summed E-state index contributed by atoms with van der Waals surface area (Å²) < 4.78 is 7.24. The Hall–Kier alpha value is -4.03. The Morgan fingerprint density at radius 2 is 1.87 bits per heavy atom. The highest BCUT2D eigenvalue weighted by molar-refractivity contribution is 6.32. The number of carbonyl (C=O) groups excluding carboxylic acids is 1. The van der Waals surface area contributed by atoms with Gasteiger partial charge in [0, 0.05) is 41.4 Å². The molecule has 2 aliphatic heterocycles. The Kier molecular flexibility index (Phi) is 6.03. The average Bonchev–Trinajstić information content (AvgIpc) is 3.43. The molecule has 0 saturated carbocycles. The van der Waals surface area contributed by atoms with E-state index in [1.807, 2.05) is 59.4 Å². The lowest BCUT2D eigenvalue weighted by molar-refractivity contribution is -0.124. The lowest BCUT2D eigenvalue weighted by Crippen LogP contribution is -2.68. The highest BCUT2D eigenvalue weighted by atomic mass is 35.5. The van der Waals surface area contributed by atoms with Crippen molar-refractivity contribution in [3.8, 4) is 22.7 Å². The summed E-state index contributed by atoms with van der Waals surface area (Å²) in [5.74, 6) is 0.663. The van der Waals surface area contributed by atoms with E-state index in [-0.39, 0.29) is 11.3 Å². The van der Waals surface area contributed by atoms with Crippen LogP contribution in [0.4, 0.5) is 5.69 Å². The molecule has 39 heavy (non-hydrogen) atoms. The first kappa shape index (κ1) is 25.3. The topological polar surface area (TPSA) is 59.4 Å². The molecule has 1 aromatic heterocycles. The van der Waals surface area contributed by atoms with Gasteiger partial charge in [0.1, 0.15) is 11.4 Å². The normalized spacial score (nSPS) is 19.6. The predicted octanol–water partition coefficient (Wildman–Crippen LogP) is 6.54. The molecule has 1 N–H and O–H groups in total. The van der Waals surface area contributed by atoms with Gasteiger partial charge in [0.15, 0.2) is 0 Å². The fraction of sp³-hybridized carbons (Fsp3) is 0.250. The van der Waals surface area contributed by atoms with Gasteiger partial charge in [0.25, 0.3) is 0 Å². The smallest absolute Gasteiger partial charge is 0.223 e. The number of ether oxygens (including phenoxy) is 1. The molecule has 1 saturated heterocycles. The van der Waals surface area contributed by atoms with E-state index in [1.165, 1.54) is 11.1 Å². The third-order valence-corrected chi connectivity index (χ3v) is 8.38. The monoisotopic (exact) mass is 538 g/mol. The SMILES string of the molecule is COc1ccc(-c2nn(-c3ccccc3)cc2C=C[C@@]23NC(=O)CCN2c2ccc(C)cc2C3(C)C)cc1Cl. The summed E-state index contributed by atoms with van der Waals surface area (Å²) in [6.07, 6.45) is 6.70. The number of rotatable bonds is 5. The van der Waals surface area contributed by atoms with E-state index in [1.54, 1.807) is 7.11 Å². The molecule has 7 heteroatoms. The summed E-state index contributed by atoms with van der Waals surface area (Å²) in [5.41, 5.74) is 6.03. The molecule has 0 radical (unpaired) electrons. The average molecular weight is 539 g/mol. The fourth-order valence-corrected chi connectivity index (χ4v) is 6.20. The van der Waals surface area contributed by atoms with Crippen LogP contribution in [-0.4, -0.2) is 35.0 Å². The Bertz CT molecular complexity index is 1610. The van der Waals surface area contributed by atoms with Crippen LogP contribution in [0.3, 0.4) is 0 Å². The summed E-state index contributed by atoms with van der Waals surface area (Å²) >= 11 is 6.51. The van der Waals surface area contributed by atoms with Gasteiger partial charge in [-0.25, -0.2) is 4.68 Å². The van der Waals surface area contributed by atoms with Crippen molar-refractivity contribution in [3.05, 3.63) is 101 Å². The van der Waals surface area contributed by atoms with Crippen molar-refractivity contribution in [3.63, 3.8) is 0 Å². The molecule has 0 bridgehead atoms. The van der Waals surface area contributed by atoms with Crippen molar-refractivity contribution >= 4 is 29.3 Å². The van der Waals surface area contributed by atoms with E-state index in [0.717, 1.165) is 28.2 Å². The van der Waals surface area contributed by atoms with Crippen molar-refractivity contribution in [1.29, 1.82) is 0 Å². The summed E-state index contributed by atoms with van der Waals surface area (Å²) in [5, 5.41) is 8.86. The highest BCUT2D eigenvalue weighted by Crippen LogP contribution is 2.52. The quantitative estimate of drug-likeness (QED) is 0.313. The number of fused-ring (bicyclic) bond motifs is 3. The Morgan fingerprint density at radius 3 is 2.62 bits per heavy atom. The second-order valence-electron chi connectivity index (χ2n) is 10.8. The van der Waals surface area contributed by atoms with Gasteiger partial charge in [-0.2, -0.15) is 5.10 Å². The molecule has 0 spiro atoms. The summed E-state index contributed by atoms with van der Waals surface area (Å²) in [6, 6.07) is 22.3. The van der Waals surface area contributed by atoms with Crippen molar-refractivity contribution in [2.45, 2.75) is 38.3 Å². The Balaban J connectivity index is 1.50. The molecule has 6 rings (SSSR count). The Morgan fingerprint density at radius 1 is 1.08 bits per heavy atom. The van der Waals surface area contributed by atoms with E-state index in [9.17, 15) is 4.79 Å². The van der Waals surface area contributed by atoms with Gasteiger partial charge in [-0.3, -0.25) is 4.79 Å². The molecular formula is C32H31ClN4O2. The number of nitrogens with one attached hydrogen (secondary N) is 1. The molecule has 0 aliphatic carbocycles. The maximum Gasteiger partial charge on any atom is 0.223 e. The van der Waals surface area contributed by atoms with Gasteiger partial charge in [0.2, 0.25) is 5.91 Å². The number of hydrogen-bond acceptors (Lipinski definition) is 4. The molecule has 6 nitrogen and oxygen atoms in total. The van der Waals surface area contributed by atoms with Crippen molar-refractivity contribution in [2.75, 3.05) is 18.6 Å². The number of nitrogens with zero attached hydrogens (tertiary/aromatic N) is 3. The van der Waals surface area contributed by atoms with Crippen LogP contribution in [-0.2, 0) is 10.2 Å². The molecular weight excluding hydrogens is 508 g/mol. The van der Waals surface area contributed by atoms with E-state index < -0.39 is 5.66 Å². The van der Waals surface area contributed by atoms with Crippen LogP contribution in [0, 0.1) is 6.92 Å². The number of carbonyl (C=O) groups is 1. The maximum atomic E-state index is 12.9. The van der Waals surface area contributed by atoms with Gasteiger partial charge in [0.05, 0.1) is 23.5 Å². The minimum atomic E-state index is -0.720. The molecule has 3 aromatic carbocycles. The van der Waals surface area contributed by atoms with Crippen LogP contribution in [0.15, 0.2) is 79.0 Å². The minimum Gasteiger partial charge on any atom is -0.495 e. The van der Waals surface area contributed by atoms with Crippen LogP contribution >= 0.6 is 11.6 Å². The van der Waals surface area contributed by atoms with Crippen molar-refractivity contribution in [2.24, 2.45) is 0 Å². The molecule has 1 atom stereocenters. The molecule has 1 fully saturated rings. The van der Waals surface area contributed by atoms with Crippen LogP contribution in [0.1, 0.15) is 37.0 Å². The number of anilines is 1. The molecule has 3 heterocycles. The lowest BCUT2D eigenvalue weighted by Gasteiger charge is -2.49. The number of halogens is 1. The summed E-state index contributed by atoms with van der Waals surface area (Å²) in [6.45, 7) is 7.18. The van der Waals surface area contributed by atoms with Gasteiger partial charge >= 0.3 is 0 Å². The van der Waals surface area contributed by atoms with Gasteiger partial charge in [-0.1, -0.05) is 67.4 Å². The van der Waals surface area contributed by atoms with Crippen molar-refractivity contribution < 1.29 is 9.53 Å². The van der Waals surface area contributed by atoms with Crippen LogP contribution < -0.4 is 15.0 Å². The first-order valence-corrected chi connectivity index (χ1v) is 13.5. The van der Waals surface area contributed by atoms with Gasteiger partial charge in [-0.15, -0.1) is 0 Å². The standard InChI is InChI=1S/C32H31ClN4O2/c1-21-10-12-27-25(18-21)31(2,3)32(34-29(38)15-17-36(27)32)16-14-23-20-37(24-8-6-5-7-9-24)35-30(23)22-11-13-28(39-4)26(33)19-22/h5-14,16,18-20H,15,17H2,1-4H3,(H,34,38)/t32-/m1/s1. The van der Waals surface area contributed by atoms with E-state index in [2.05, 4.69) is 61.3 Å². The van der Waals surface area contributed by atoms with E-state index in [4.69, 9.17) is 21.4 Å². The second-order valence-corrected chi connectivity index (χ2v) is 11.2. The lowest BCUT2D eigenvalue weighted by atomic mass is 9.74. The zero-order valence-electron chi connectivity index (χ0n) is 22.5. The predicted molar refractivity (Wildman–Crippen MR) is 157 cm³/mol. The zero-order chi connectivity index (χ0) is 27.4. The number of benzene rings is 3. The van der Waals surface area contributed by atoms with Crippen LogP contribution in [0.5, 0.6) is 5.75 Å². The number of aryl methyl sites for hydroxylation is 1. The second kappa shape index (κ2) is 9.31. The number of para-hydroxylation sites is 1. The van der Waals surface area contributed by atoms with E-state index in [0.29, 0.717) is 23.7 Å². The number of aromatic nitrogens is 2. The van der Waals surface area contributed by atoms with Gasteiger partial charge < -0.3 is 15.0 Å². The number of methoxy groups -OCH3 is 1. The minimum absolute atomic E-state index is 0.0515. The first-order chi connectivity index (χ1) is 18.7. The van der Waals surface area contributed by atoms with E-state index >= 15 is 0 Å². The van der Waals surface area contributed by atoms with Gasteiger partial charge in [-0.05, 0) is 55.0 Å².